The summed E-state index contributed by atoms with van der Waals surface area (Å²) in [5.74, 6) is 0.194. The SMILES string of the molecule is CN1CCN(C[C@H](O)COc2ccccc2[N+](=O)[O-])CC1. The molecule has 0 amide bonds. The summed E-state index contributed by atoms with van der Waals surface area (Å²) < 4.78 is 5.39. The number of β-amino-alcohol motifs (C(OH)–C–C–N with tert-alkyl or cyclic N) is 1. The first-order valence-corrected chi connectivity index (χ1v) is 7.01. The van der Waals surface area contributed by atoms with Crippen LogP contribution in [-0.2, 0) is 0 Å². The minimum atomic E-state index is -0.659. The fraction of sp³-hybridized carbons (Fsp3) is 0.571. The van der Waals surface area contributed by atoms with Crippen LogP contribution in [0.3, 0.4) is 0 Å². The van der Waals surface area contributed by atoms with Crippen LogP contribution in [0.4, 0.5) is 5.69 Å². The number of para-hydroxylation sites is 2. The van der Waals surface area contributed by atoms with Gasteiger partial charge in [0.15, 0.2) is 5.75 Å². The monoisotopic (exact) mass is 295 g/mol. The van der Waals surface area contributed by atoms with E-state index in [1.807, 2.05) is 0 Å². The summed E-state index contributed by atoms with van der Waals surface area (Å²) in [5, 5.41) is 20.9. The summed E-state index contributed by atoms with van der Waals surface area (Å²) >= 11 is 0. The van der Waals surface area contributed by atoms with Crippen molar-refractivity contribution in [2.75, 3.05) is 46.4 Å². The third kappa shape index (κ3) is 4.66. The van der Waals surface area contributed by atoms with Crippen molar-refractivity contribution in [3.8, 4) is 5.75 Å². The fourth-order valence-electron chi connectivity index (χ4n) is 2.30. The predicted octanol–water partition coefficient (Wildman–Crippen LogP) is 0.582. The van der Waals surface area contributed by atoms with Crippen LogP contribution < -0.4 is 4.74 Å². The molecule has 1 aromatic rings. The molecule has 1 aliphatic heterocycles. The predicted molar refractivity (Wildman–Crippen MR) is 78.5 cm³/mol. The van der Waals surface area contributed by atoms with E-state index < -0.39 is 11.0 Å². The third-order valence-corrected chi connectivity index (χ3v) is 3.56. The smallest absolute Gasteiger partial charge is 0.310 e. The van der Waals surface area contributed by atoms with E-state index in [0.29, 0.717) is 6.54 Å². The maximum absolute atomic E-state index is 10.9. The summed E-state index contributed by atoms with van der Waals surface area (Å²) in [7, 11) is 2.07. The van der Waals surface area contributed by atoms with Gasteiger partial charge < -0.3 is 14.7 Å². The first kappa shape index (κ1) is 15.7. The van der Waals surface area contributed by atoms with Crippen molar-refractivity contribution >= 4 is 5.69 Å². The van der Waals surface area contributed by atoms with Gasteiger partial charge in [0.2, 0.25) is 0 Å². The van der Waals surface area contributed by atoms with E-state index in [2.05, 4.69) is 16.8 Å². The molecule has 1 atom stereocenters. The zero-order valence-electron chi connectivity index (χ0n) is 12.1. The molecule has 116 valence electrons. The van der Waals surface area contributed by atoms with Crippen molar-refractivity contribution in [1.82, 2.24) is 9.80 Å². The van der Waals surface area contributed by atoms with Gasteiger partial charge in [0, 0.05) is 38.8 Å². The maximum Gasteiger partial charge on any atom is 0.310 e. The molecule has 1 aliphatic rings. The van der Waals surface area contributed by atoms with Crippen LogP contribution in [0.1, 0.15) is 0 Å². The number of likely N-dealkylation sites (N-methyl/N-ethyl adjacent to an activating group) is 1. The molecule has 0 bridgehead atoms. The first-order chi connectivity index (χ1) is 10.1. The van der Waals surface area contributed by atoms with E-state index in [4.69, 9.17) is 4.74 Å². The molecule has 7 heteroatoms. The molecule has 1 fully saturated rings. The zero-order valence-corrected chi connectivity index (χ0v) is 12.1. The first-order valence-electron chi connectivity index (χ1n) is 7.01. The highest BCUT2D eigenvalue weighted by Crippen LogP contribution is 2.25. The molecule has 1 heterocycles. The van der Waals surface area contributed by atoms with Gasteiger partial charge in [-0.15, -0.1) is 0 Å². The summed E-state index contributed by atoms with van der Waals surface area (Å²) in [5.41, 5.74) is -0.0794. The van der Waals surface area contributed by atoms with Gasteiger partial charge in [0.05, 0.1) is 4.92 Å². The van der Waals surface area contributed by atoms with Gasteiger partial charge in [0.25, 0.3) is 0 Å². The molecule has 7 nitrogen and oxygen atoms in total. The molecule has 0 unspecified atom stereocenters. The van der Waals surface area contributed by atoms with Crippen LogP contribution in [0.15, 0.2) is 24.3 Å². The number of nitro groups is 1. The number of aliphatic hydroxyl groups is 1. The van der Waals surface area contributed by atoms with E-state index >= 15 is 0 Å². The lowest BCUT2D eigenvalue weighted by Crippen LogP contribution is -2.47. The summed E-state index contributed by atoms with van der Waals surface area (Å²) in [6.45, 7) is 4.37. The lowest BCUT2D eigenvalue weighted by molar-refractivity contribution is -0.385. The van der Waals surface area contributed by atoms with Crippen molar-refractivity contribution in [2.45, 2.75) is 6.10 Å². The number of rotatable bonds is 6. The highest BCUT2D eigenvalue weighted by atomic mass is 16.6. The Balaban J connectivity index is 1.81. The molecule has 21 heavy (non-hydrogen) atoms. The molecular formula is C14H21N3O4. The second-order valence-electron chi connectivity index (χ2n) is 5.29. The van der Waals surface area contributed by atoms with Crippen molar-refractivity contribution in [1.29, 1.82) is 0 Å². The normalized spacial score (nSPS) is 18.4. The number of hydrogen-bond donors (Lipinski definition) is 1. The van der Waals surface area contributed by atoms with Gasteiger partial charge in [0.1, 0.15) is 12.7 Å². The van der Waals surface area contributed by atoms with Gasteiger partial charge in [-0.1, -0.05) is 12.1 Å². The van der Waals surface area contributed by atoms with Crippen LogP contribution in [-0.4, -0.2) is 72.3 Å². The van der Waals surface area contributed by atoms with Crippen molar-refractivity contribution < 1.29 is 14.8 Å². The fourth-order valence-corrected chi connectivity index (χ4v) is 2.30. The van der Waals surface area contributed by atoms with Crippen molar-refractivity contribution in [3.05, 3.63) is 34.4 Å². The lowest BCUT2D eigenvalue weighted by Gasteiger charge is -2.33. The van der Waals surface area contributed by atoms with Gasteiger partial charge in [-0.3, -0.25) is 15.0 Å². The Hall–Kier alpha value is -1.70. The number of ether oxygens (including phenoxy) is 1. The molecule has 0 saturated carbocycles. The maximum atomic E-state index is 10.9. The molecule has 0 aromatic heterocycles. The van der Waals surface area contributed by atoms with Gasteiger partial charge in [-0.2, -0.15) is 0 Å². The quantitative estimate of drug-likeness (QED) is 0.611. The van der Waals surface area contributed by atoms with Crippen molar-refractivity contribution in [2.24, 2.45) is 0 Å². The molecule has 1 saturated heterocycles. The average Bonchev–Trinajstić information content (AvgIpc) is 2.48. The largest absolute Gasteiger partial charge is 0.484 e. The topological polar surface area (TPSA) is 79.1 Å². The van der Waals surface area contributed by atoms with Crippen molar-refractivity contribution in [3.63, 3.8) is 0 Å². The average molecular weight is 295 g/mol. The van der Waals surface area contributed by atoms with E-state index in [0.717, 1.165) is 26.2 Å². The van der Waals surface area contributed by atoms with Crippen LogP contribution in [0.25, 0.3) is 0 Å². The number of nitro benzene ring substituents is 1. The third-order valence-electron chi connectivity index (χ3n) is 3.56. The Morgan fingerprint density at radius 3 is 2.67 bits per heavy atom. The Bertz CT molecular complexity index is 475. The highest BCUT2D eigenvalue weighted by Gasteiger charge is 2.19. The number of hydrogen-bond acceptors (Lipinski definition) is 6. The second-order valence-corrected chi connectivity index (χ2v) is 5.29. The Labute approximate surface area is 123 Å². The van der Waals surface area contributed by atoms with E-state index in [9.17, 15) is 15.2 Å². The van der Waals surface area contributed by atoms with Gasteiger partial charge in [-0.05, 0) is 13.1 Å². The molecule has 1 aromatic carbocycles. The summed E-state index contributed by atoms with van der Waals surface area (Å²) in [6, 6.07) is 6.20. The van der Waals surface area contributed by atoms with Crippen LogP contribution in [0.2, 0.25) is 0 Å². The lowest BCUT2D eigenvalue weighted by atomic mass is 10.2. The number of benzene rings is 1. The zero-order chi connectivity index (χ0) is 15.2. The van der Waals surface area contributed by atoms with E-state index in [-0.39, 0.29) is 18.0 Å². The summed E-state index contributed by atoms with van der Waals surface area (Å²) in [4.78, 5) is 14.8. The Morgan fingerprint density at radius 2 is 2.00 bits per heavy atom. The Morgan fingerprint density at radius 1 is 1.33 bits per heavy atom. The van der Waals surface area contributed by atoms with Crippen LogP contribution >= 0.6 is 0 Å². The number of aliphatic hydroxyl groups excluding tert-OH is 1. The number of nitrogens with zero attached hydrogens (tertiary/aromatic N) is 3. The highest BCUT2D eigenvalue weighted by molar-refractivity contribution is 5.45. The minimum Gasteiger partial charge on any atom is -0.484 e. The molecule has 1 N–H and O–H groups in total. The van der Waals surface area contributed by atoms with Crippen LogP contribution in [0, 0.1) is 10.1 Å². The van der Waals surface area contributed by atoms with E-state index in [1.165, 1.54) is 6.07 Å². The van der Waals surface area contributed by atoms with E-state index in [1.54, 1.807) is 18.2 Å². The van der Waals surface area contributed by atoms with Gasteiger partial charge >= 0.3 is 5.69 Å². The molecular weight excluding hydrogens is 274 g/mol. The molecule has 0 radical (unpaired) electrons. The summed E-state index contributed by atoms with van der Waals surface area (Å²) in [6.07, 6.45) is -0.659. The standard InChI is InChI=1S/C14H21N3O4/c1-15-6-8-16(9-7-15)10-12(18)11-21-14-5-3-2-4-13(14)17(19)20/h2-5,12,18H,6-11H2,1H3/t12-/m0/s1. The Kier molecular flexibility index (Phi) is 5.49. The van der Waals surface area contributed by atoms with Crippen LogP contribution in [0.5, 0.6) is 5.75 Å². The molecule has 0 aliphatic carbocycles. The number of piperazine rings is 1. The molecule has 0 spiro atoms. The molecule has 2 rings (SSSR count). The second kappa shape index (κ2) is 7.35. The minimum absolute atomic E-state index is 0.0528. The van der Waals surface area contributed by atoms with Gasteiger partial charge in [-0.25, -0.2) is 0 Å².